The smallest absolute Gasteiger partial charge is 0.249 e. The standard InChI is InChI=1S/C10H17IN2O/c1-7(2)13-6-12(4)9(8(3)11)5-10(13)14/h5,7-8H,6H2,1-4H3. The Balaban J connectivity index is 2.87. The van der Waals surface area contributed by atoms with Gasteiger partial charge < -0.3 is 9.80 Å². The van der Waals surface area contributed by atoms with E-state index in [1.54, 1.807) is 6.08 Å². The number of hydrogen-bond acceptors (Lipinski definition) is 2. The van der Waals surface area contributed by atoms with Gasteiger partial charge in [0.1, 0.15) is 0 Å². The van der Waals surface area contributed by atoms with E-state index in [2.05, 4.69) is 34.4 Å². The maximum Gasteiger partial charge on any atom is 0.249 e. The van der Waals surface area contributed by atoms with Gasteiger partial charge in [0.25, 0.3) is 0 Å². The molecule has 0 fully saturated rings. The first kappa shape index (κ1) is 11.8. The molecule has 0 aromatic carbocycles. The molecule has 0 aliphatic carbocycles. The second-order valence-electron chi connectivity index (χ2n) is 3.93. The van der Waals surface area contributed by atoms with Crippen molar-refractivity contribution in [3.63, 3.8) is 0 Å². The minimum atomic E-state index is 0.136. The number of halogens is 1. The number of allylic oxidation sites excluding steroid dienone is 1. The van der Waals surface area contributed by atoms with Crippen LogP contribution in [0.1, 0.15) is 20.8 Å². The fourth-order valence-electron chi connectivity index (χ4n) is 1.54. The molecule has 3 nitrogen and oxygen atoms in total. The summed E-state index contributed by atoms with van der Waals surface area (Å²) in [6, 6.07) is 0.271. The van der Waals surface area contributed by atoms with Crippen LogP contribution >= 0.6 is 22.6 Å². The van der Waals surface area contributed by atoms with Crippen LogP contribution < -0.4 is 0 Å². The highest BCUT2D eigenvalue weighted by atomic mass is 127. The minimum absolute atomic E-state index is 0.136. The highest BCUT2D eigenvalue weighted by molar-refractivity contribution is 14.1. The lowest BCUT2D eigenvalue weighted by Crippen LogP contribution is -2.47. The van der Waals surface area contributed by atoms with Gasteiger partial charge in [0.05, 0.1) is 6.67 Å². The molecule has 0 bridgehead atoms. The van der Waals surface area contributed by atoms with Crippen molar-refractivity contribution >= 4 is 28.5 Å². The molecule has 4 heteroatoms. The van der Waals surface area contributed by atoms with E-state index in [-0.39, 0.29) is 11.9 Å². The third-order valence-corrected chi connectivity index (χ3v) is 3.03. The Kier molecular flexibility index (Phi) is 3.80. The molecule has 1 atom stereocenters. The van der Waals surface area contributed by atoms with Crippen molar-refractivity contribution in [2.75, 3.05) is 13.7 Å². The zero-order valence-electron chi connectivity index (χ0n) is 9.12. The summed E-state index contributed by atoms with van der Waals surface area (Å²) in [5.74, 6) is 0.136. The van der Waals surface area contributed by atoms with Crippen LogP contribution in [0.2, 0.25) is 0 Å². The van der Waals surface area contributed by atoms with Gasteiger partial charge in [-0.1, -0.05) is 22.6 Å². The van der Waals surface area contributed by atoms with Gasteiger partial charge in [-0.15, -0.1) is 0 Å². The second-order valence-corrected chi connectivity index (χ2v) is 5.79. The molecule has 0 saturated heterocycles. The number of nitrogens with zero attached hydrogens (tertiary/aromatic N) is 2. The summed E-state index contributed by atoms with van der Waals surface area (Å²) >= 11 is 2.33. The van der Waals surface area contributed by atoms with Gasteiger partial charge in [-0.3, -0.25) is 4.79 Å². The predicted octanol–water partition coefficient (Wildman–Crippen LogP) is 1.83. The fourth-order valence-corrected chi connectivity index (χ4v) is 2.19. The Morgan fingerprint density at radius 1 is 1.43 bits per heavy atom. The summed E-state index contributed by atoms with van der Waals surface area (Å²) in [5, 5.41) is 0. The Morgan fingerprint density at radius 2 is 2.00 bits per heavy atom. The Bertz CT molecular complexity index is 261. The van der Waals surface area contributed by atoms with E-state index in [0.29, 0.717) is 10.6 Å². The third-order valence-electron chi connectivity index (χ3n) is 2.39. The van der Waals surface area contributed by atoms with Crippen molar-refractivity contribution < 1.29 is 4.79 Å². The molecular weight excluding hydrogens is 291 g/mol. The van der Waals surface area contributed by atoms with Gasteiger partial charge >= 0.3 is 0 Å². The molecule has 0 saturated carbocycles. The number of rotatable bonds is 2. The van der Waals surface area contributed by atoms with E-state index in [0.717, 1.165) is 5.70 Å². The van der Waals surface area contributed by atoms with Crippen LogP contribution in [0.5, 0.6) is 0 Å². The van der Waals surface area contributed by atoms with E-state index >= 15 is 0 Å². The van der Waals surface area contributed by atoms with E-state index in [1.807, 2.05) is 25.8 Å². The molecule has 0 radical (unpaired) electrons. The van der Waals surface area contributed by atoms with E-state index in [1.165, 1.54) is 0 Å². The summed E-state index contributed by atoms with van der Waals surface area (Å²) in [6.07, 6.45) is 1.75. The van der Waals surface area contributed by atoms with Crippen LogP contribution in [0.15, 0.2) is 11.8 Å². The van der Waals surface area contributed by atoms with Gasteiger partial charge in [-0.2, -0.15) is 0 Å². The number of alkyl halides is 1. The fraction of sp³-hybridized carbons (Fsp3) is 0.700. The molecule has 14 heavy (non-hydrogen) atoms. The Morgan fingerprint density at radius 3 is 2.43 bits per heavy atom. The lowest BCUT2D eigenvalue weighted by atomic mass is 10.2. The summed E-state index contributed by atoms with van der Waals surface area (Å²) < 4.78 is 0.385. The first-order valence-electron chi connectivity index (χ1n) is 4.81. The molecule has 1 aliphatic rings. The van der Waals surface area contributed by atoms with Crippen molar-refractivity contribution in [1.29, 1.82) is 0 Å². The maximum atomic E-state index is 11.7. The lowest BCUT2D eigenvalue weighted by Gasteiger charge is -2.37. The molecule has 1 rings (SSSR count). The second kappa shape index (κ2) is 4.51. The Labute approximate surface area is 99.3 Å². The van der Waals surface area contributed by atoms with Crippen molar-refractivity contribution in [2.45, 2.75) is 30.7 Å². The number of carbonyl (C=O) groups excluding carboxylic acids is 1. The van der Waals surface area contributed by atoms with Crippen LogP contribution in [0, 0.1) is 0 Å². The van der Waals surface area contributed by atoms with Crippen molar-refractivity contribution in [3.05, 3.63) is 11.8 Å². The van der Waals surface area contributed by atoms with E-state index in [4.69, 9.17) is 0 Å². The van der Waals surface area contributed by atoms with Crippen molar-refractivity contribution in [3.8, 4) is 0 Å². The van der Waals surface area contributed by atoms with Gasteiger partial charge in [0.2, 0.25) is 5.91 Å². The molecule has 0 N–H and O–H groups in total. The molecule has 0 aromatic rings. The molecule has 1 amide bonds. The summed E-state index contributed by atoms with van der Waals surface area (Å²) in [7, 11) is 2.03. The van der Waals surface area contributed by atoms with Crippen molar-refractivity contribution in [1.82, 2.24) is 9.80 Å². The first-order valence-corrected chi connectivity index (χ1v) is 6.05. The highest BCUT2D eigenvalue weighted by Gasteiger charge is 2.25. The zero-order chi connectivity index (χ0) is 10.9. The van der Waals surface area contributed by atoms with Crippen LogP contribution in [-0.2, 0) is 4.79 Å². The predicted molar refractivity (Wildman–Crippen MR) is 66.2 cm³/mol. The first-order chi connectivity index (χ1) is 6.43. The maximum absolute atomic E-state index is 11.7. The molecule has 1 aliphatic heterocycles. The van der Waals surface area contributed by atoms with Gasteiger partial charge in [0, 0.05) is 28.8 Å². The number of carbonyl (C=O) groups is 1. The summed E-state index contributed by atoms with van der Waals surface area (Å²) in [4.78, 5) is 15.7. The Hall–Kier alpha value is -0.260. The molecule has 0 aromatic heterocycles. The average molecular weight is 308 g/mol. The van der Waals surface area contributed by atoms with Crippen LogP contribution in [0.4, 0.5) is 0 Å². The highest BCUT2D eigenvalue weighted by Crippen LogP contribution is 2.21. The normalized spacial score (nSPS) is 20.1. The largest absolute Gasteiger partial charge is 0.359 e. The summed E-state index contributed by atoms with van der Waals surface area (Å²) in [6.45, 7) is 6.88. The zero-order valence-corrected chi connectivity index (χ0v) is 11.3. The minimum Gasteiger partial charge on any atom is -0.359 e. The van der Waals surface area contributed by atoms with Crippen molar-refractivity contribution in [2.24, 2.45) is 0 Å². The average Bonchev–Trinajstić information content (AvgIpc) is 2.07. The van der Waals surface area contributed by atoms with E-state index in [9.17, 15) is 4.79 Å². The van der Waals surface area contributed by atoms with E-state index < -0.39 is 0 Å². The molecule has 80 valence electrons. The lowest BCUT2D eigenvalue weighted by molar-refractivity contribution is -0.130. The van der Waals surface area contributed by atoms with Crippen LogP contribution in [-0.4, -0.2) is 39.4 Å². The number of amides is 1. The third kappa shape index (κ3) is 2.40. The monoisotopic (exact) mass is 308 g/mol. The summed E-state index contributed by atoms with van der Waals surface area (Å²) in [5.41, 5.74) is 1.12. The quantitative estimate of drug-likeness (QED) is 0.574. The SMILES string of the molecule is CC(I)C1=CC(=O)N(C(C)C)CN1C. The number of hydrogen-bond donors (Lipinski definition) is 0. The molecule has 0 spiro atoms. The van der Waals surface area contributed by atoms with Gasteiger partial charge in [-0.25, -0.2) is 0 Å². The van der Waals surface area contributed by atoms with Gasteiger partial charge in [0.15, 0.2) is 0 Å². The van der Waals surface area contributed by atoms with Gasteiger partial charge in [-0.05, 0) is 20.8 Å². The molecule has 1 heterocycles. The topological polar surface area (TPSA) is 23.6 Å². The molecule has 1 unspecified atom stereocenters. The molecular formula is C10H17IN2O. The van der Waals surface area contributed by atoms with Crippen LogP contribution in [0.25, 0.3) is 0 Å². The van der Waals surface area contributed by atoms with Crippen LogP contribution in [0.3, 0.4) is 0 Å².